The lowest BCUT2D eigenvalue weighted by atomic mass is 9.86. The Morgan fingerprint density at radius 1 is 0.383 bits per heavy atom. The van der Waals surface area contributed by atoms with Gasteiger partial charge in [0.15, 0.2) is 0 Å². The number of para-hydroxylation sites is 1. The number of nitriles is 1. The summed E-state index contributed by atoms with van der Waals surface area (Å²) in [6, 6.07) is 59.1. The van der Waals surface area contributed by atoms with E-state index in [2.05, 4.69) is 162 Å². The van der Waals surface area contributed by atoms with Gasteiger partial charge in [0, 0.05) is 21.8 Å². The van der Waals surface area contributed by atoms with Crippen molar-refractivity contribution in [3.8, 4) is 34.0 Å². The van der Waals surface area contributed by atoms with E-state index in [0.29, 0.717) is 5.56 Å². The lowest BCUT2D eigenvalue weighted by molar-refractivity contribution is 1.18. The highest BCUT2D eigenvalue weighted by molar-refractivity contribution is 6.30. The van der Waals surface area contributed by atoms with Crippen molar-refractivity contribution in [2.24, 2.45) is 0 Å². The number of nitrogens with zero attached hydrogens (tertiary/aromatic N) is 2. The first-order valence-corrected chi connectivity index (χ1v) is 16.0. The molecule has 0 unspecified atom stereocenters. The predicted octanol–water partition coefficient (Wildman–Crippen LogP) is 12.0. The van der Waals surface area contributed by atoms with Gasteiger partial charge in [0.25, 0.3) is 0 Å². The van der Waals surface area contributed by atoms with Crippen LogP contribution in [0.5, 0.6) is 0 Å². The fourth-order valence-corrected chi connectivity index (χ4v) is 7.97. The van der Waals surface area contributed by atoms with E-state index in [1.165, 1.54) is 65.3 Å². The predicted molar refractivity (Wildman–Crippen MR) is 198 cm³/mol. The van der Waals surface area contributed by atoms with E-state index in [0.717, 1.165) is 27.5 Å². The standard InChI is InChI=1S/C45H26N2/c46-27-29-19-23-42-44-31(29)20-21-37-36(22-24-43(45(37)44)47(42)30-13-5-2-6-14-30)39-26-41-33-16-8-7-15-32(33)38(28-11-3-1-4-12-28)25-40(41)35-18-10-9-17-34(35)39/h1-26H. The Balaban J connectivity index is 1.35. The maximum Gasteiger partial charge on any atom is 0.0998 e. The second-order valence-corrected chi connectivity index (χ2v) is 12.4. The quantitative estimate of drug-likeness (QED) is 0.187. The Labute approximate surface area is 271 Å². The number of rotatable bonds is 3. The molecule has 2 nitrogen and oxygen atoms in total. The maximum atomic E-state index is 10.1. The zero-order valence-electron chi connectivity index (χ0n) is 25.4. The number of aromatic nitrogens is 1. The fraction of sp³-hybridized carbons (Fsp3) is 0. The van der Waals surface area contributed by atoms with E-state index >= 15 is 0 Å². The first-order valence-electron chi connectivity index (χ1n) is 16.0. The summed E-state index contributed by atoms with van der Waals surface area (Å²) < 4.78 is 2.34. The summed E-state index contributed by atoms with van der Waals surface area (Å²) in [6.45, 7) is 0. The molecule has 1 aromatic heterocycles. The van der Waals surface area contributed by atoms with Crippen LogP contribution in [0, 0.1) is 11.3 Å². The molecule has 0 saturated heterocycles. The summed E-state index contributed by atoms with van der Waals surface area (Å²) in [4.78, 5) is 0. The van der Waals surface area contributed by atoms with Crippen molar-refractivity contribution in [3.05, 3.63) is 163 Å². The number of hydrogen-bond donors (Lipinski definition) is 0. The van der Waals surface area contributed by atoms with Crippen molar-refractivity contribution >= 4 is 64.9 Å². The van der Waals surface area contributed by atoms with Crippen molar-refractivity contribution in [1.29, 1.82) is 5.26 Å². The first kappa shape index (κ1) is 25.9. The topological polar surface area (TPSA) is 28.7 Å². The molecule has 0 atom stereocenters. The van der Waals surface area contributed by atoms with Gasteiger partial charge in [0.1, 0.15) is 0 Å². The molecule has 0 aliphatic carbocycles. The van der Waals surface area contributed by atoms with Crippen LogP contribution in [0.2, 0.25) is 0 Å². The third kappa shape index (κ3) is 3.60. The summed E-state index contributed by atoms with van der Waals surface area (Å²) >= 11 is 0. The first-order chi connectivity index (χ1) is 23.3. The number of benzene rings is 9. The van der Waals surface area contributed by atoms with Crippen molar-refractivity contribution < 1.29 is 0 Å². The Morgan fingerprint density at radius 3 is 1.60 bits per heavy atom. The van der Waals surface area contributed by atoms with E-state index in [1.807, 2.05) is 6.07 Å². The van der Waals surface area contributed by atoms with Gasteiger partial charge in [0.05, 0.1) is 22.7 Å². The number of fused-ring (bicyclic) bond motifs is 5. The van der Waals surface area contributed by atoms with Crippen LogP contribution < -0.4 is 0 Å². The highest BCUT2D eigenvalue weighted by Gasteiger charge is 2.22. The Morgan fingerprint density at radius 2 is 0.915 bits per heavy atom. The van der Waals surface area contributed by atoms with E-state index < -0.39 is 0 Å². The molecule has 0 saturated carbocycles. The van der Waals surface area contributed by atoms with Gasteiger partial charge >= 0.3 is 0 Å². The molecule has 0 spiro atoms. The normalized spacial score (nSPS) is 11.8. The van der Waals surface area contributed by atoms with Crippen LogP contribution in [-0.4, -0.2) is 4.57 Å². The average molecular weight is 595 g/mol. The molecule has 0 aliphatic heterocycles. The molecule has 216 valence electrons. The molecular weight excluding hydrogens is 569 g/mol. The van der Waals surface area contributed by atoms with Crippen LogP contribution in [0.3, 0.4) is 0 Å². The number of hydrogen-bond acceptors (Lipinski definition) is 1. The molecule has 0 amide bonds. The molecule has 2 heteroatoms. The average Bonchev–Trinajstić information content (AvgIpc) is 3.49. The van der Waals surface area contributed by atoms with Gasteiger partial charge < -0.3 is 4.57 Å². The van der Waals surface area contributed by atoms with Crippen LogP contribution in [0.1, 0.15) is 5.56 Å². The highest BCUT2D eigenvalue weighted by Crippen LogP contribution is 2.47. The SMILES string of the molecule is N#Cc1ccc2c3c1ccc1c(-c4cc5c6ccccc6c(-c6ccccc6)cc5c5ccccc45)ccc(c13)n2-c1ccccc1. The van der Waals surface area contributed by atoms with E-state index in [-0.39, 0.29) is 0 Å². The van der Waals surface area contributed by atoms with Crippen molar-refractivity contribution in [2.45, 2.75) is 0 Å². The van der Waals surface area contributed by atoms with Crippen LogP contribution in [0.25, 0.3) is 92.8 Å². The van der Waals surface area contributed by atoms with Gasteiger partial charge in [-0.05, 0) is 102 Å². The summed E-state index contributed by atoms with van der Waals surface area (Å²) in [7, 11) is 0. The smallest absolute Gasteiger partial charge is 0.0998 e. The Bertz CT molecular complexity index is 2890. The molecule has 10 rings (SSSR count). The van der Waals surface area contributed by atoms with Crippen molar-refractivity contribution in [3.63, 3.8) is 0 Å². The second-order valence-electron chi connectivity index (χ2n) is 12.4. The second kappa shape index (κ2) is 9.78. The minimum Gasteiger partial charge on any atom is -0.309 e. The van der Waals surface area contributed by atoms with Gasteiger partial charge in [-0.15, -0.1) is 0 Å². The van der Waals surface area contributed by atoms with Gasteiger partial charge in [-0.2, -0.15) is 5.26 Å². The zero-order valence-corrected chi connectivity index (χ0v) is 25.4. The van der Waals surface area contributed by atoms with Gasteiger partial charge in [-0.25, -0.2) is 0 Å². The summed E-state index contributed by atoms with van der Waals surface area (Å²) in [5, 5.41) is 22.1. The molecule has 0 radical (unpaired) electrons. The van der Waals surface area contributed by atoms with Crippen LogP contribution in [-0.2, 0) is 0 Å². The minimum absolute atomic E-state index is 0.703. The molecular formula is C45H26N2. The molecule has 1 heterocycles. The van der Waals surface area contributed by atoms with Gasteiger partial charge in [-0.3, -0.25) is 0 Å². The third-order valence-corrected chi connectivity index (χ3v) is 9.99. The molecule has 0 fully saturated rings. The lowest BCUT2D eigenvalue weighted by Gasteiger charge is -2.17. The van der Waals surface area contributed by atoms with Crippen LogP contribution in [0.4, 0.5) is 0 Å². The molecule has 0 aliphatic rings. The highest BCUT2D eigenvalue weighted by atomic mass is 15.0. The van der Waals surface area contributed by atoms with E-state index in [4.69, 9.17) is 0 Å². The summed E-state index contributed by atoms with van der Waals surface area (Å²) in [6.07, 6.45) is 0. The van der Waals surface area contributed by atoms with Crippen molar-refractivity contribution in [1.82, 2.24) is 4.57 Å². The lowest BCUT2D eigenvalue weighted by Crippen LogP contribution is -1.93. The molecule has 10 aromatic rings. The van der Waals surface area contributed by atoms with Crippen LogP contribution >= 0.6 is 0 Å². The van der Waals surface area contributed by atoms with Gasteiger partial charge in [0.2, 0.25) is 0 Å². The van der Waals surface area contributed by atoms with E-state index in [9.17, 15) is 5.26 Å². The maximum absolute atomic E-state index is 10.1. The summed E-state index contributed by atoms with van der Waals surface area (Å²) in [5.41, 5.74) is 8.96. The molecule has 9 aromatic carbocycles. The minimum atomic E-state index is 0.703. The van der Waals surface area contributed by atoms with E-state index in [1.54, 1.807) is 0 Å². The van der Waals surface area contributed by atoms with Crippen LogP contribution in [0.15, 0.2) is 158 Å². The molecule has 0 N–H and O–H groups in total. The zero-order chi connectivity index (χ0) is 31.1. The fourth-order valence-electron chi connectivity index (χ4n) is 7.97. The Hall–Kier alpha value is -6.43. The third-order valence-electron chi connectivity index (χ3n) is 9.99. The summed E-state index contributed by atoms with van der Waals surface area (Å²) in [5.74, 6) is 0. The Kier molecular flexibility index (Phi) is 5.38. The largest absolute Gasteiger partial charge is 0.309 e. The van der Waals surface area contributed by atoms with Gasteiger partial charge in [-0.1, -0.05) is 115 Å². The molecule has 47 heavy (non-hydrogen) atoms. The molecule has 0 bridgehead atoms. The van der Waals surface area contributed by atoms with Crippen molar-refractivity contribution in [2.75, 3.05) is 0 Å². The monoisotopic (exact) mass is 594 g/mol.